The van der Waals surface area contributed by atoms with E-state index in [2.05, 4.69) is 17.0 Å². The van der Waals surface area contributed by atoms with Crippen molar-refractivity contribution in [3.05, 3.63) is 29.8 Å². The number of ether oxygens (including phenoxy) is 1. The number of nitrogens with one attached hydrogen (secondary N) is 1. The van der Waals surface area contributed by atoms with Gasteiger partial charge in [-0.05, 0) is 37.6 Å². The summed E-state index contributed by atoms with van der Waals surface area (Å²) in [6.07, 6.45) is 0.127. The summed E-state index contributed by atoms with van der Waals surface area (Å²) in [5.41, 5.74) is 0.954. The zero-order valence-corrected chi connectivity index (χ0v) is 12.0. The first-order valence-electron chi connectivity index (χ1n) is 7.01. The molecule has 5 heteroatoms. The molecule has 1 N–H and O–H groups in total. The van der Waals surface area contributed by atoms with Crippen LogP contribution in [0, 0.1) is 0 Å². The van der Waals surface area contributed by atoms with E-state index in [9.17, 15) is 13.2 Å². The van der Waals surface area contributed by atoms with E-state index in [4.69, 9.17) is 0 Å². The zero-order chi connectivity index (χ0) is 15.0. The predicted molar refractivity (Wildman–Crippen MR) is 73.7 cm³/mol. The van der Waals surface area contributed by atoms with Gasteiger partial charge in [0.15, 0.2) is 0 Å². The fourth-order valence-corrected chi connectivity index (χ4v) is 1.95. The van der Waals surface area contributed by atoms with Gasteiger partial charge in [-0.15, -0.1) is 13.2 Å². The molecule has 1 atom stereocenters. The van der Waals surface area contributed by atoms with Crippen molar-refractivity contribution < 1.29 is 17.9 Å². The van der Waals surface area contributed by atoms with E-state index in [0.717, 1.165) is 18.5 Å². The number of hydrogen-bond acceptors (Lipinski definition) is 2. The lowest BCUT2D eigenvalue weighted by Gasteiger charge is -2.15. The third kappa shape index (κ3) is 6.80. The average Bonchev–Trinajstić information content (AvgIpc) is 2.37. The van der Waals surface area contributed by atoms with Crippen LogP contribution < -0.4 is 10.1 Å². The summed E-state index contributed by atoms with van der Waals surface area (Å²) in [6.45, 7) is 5.09. The fraction of sp³-hybridized carbons (Fsp3) is 0.600. The summed E-state index contributed by atoms with van der Waals surface area (Å²) in [4.78, 5) is 0. The molecule has 1 aromatic carbocycles. The van der Waals surface area contributed by atoms with Gasteiger partial charge in [0.05, 0.1) is 0 Å². The first-order chi connectivity index (χ1) is 9.42. The molecule has 0 radical (unpaired) electrons. The van der Waals surface area contributed by atoms with Gasteiger partial charge in [-0.2, -0.15) is 0 Å². The monoisotopic (exact) mass is 289 g/mol. The van der Waals surface area contributed by atoms with E-state index in [1.165, 1.54) is 31.4 Å². The molecule has 114 valence electrons. The minimum atomic E-state index is -4.63. The standard InChI is InChI=1S/C15H22F3NO/c1-3-4-5-6-11-19-12(2)13-7-9-14(10-8-13)20-15(16,17)18/h7-10,12,19H,3-6,11H2,1-2H3. The topological polar surface area (TPSA) is 21.3 Å². The lowest BCUT2D eigenvalue weighted by Crippen LogP contribution is -2.20. The van der Waals surface area contributed by atoms with Crippen LogP contribution in [0.5, 0.6) is 5.75 Å². The molecular weight excluding hydrogens is 267 g/mol. The van der Waals surface area contributed by atoms with Crippen LogP contribution in [0.15, 0.2) is 24.3 Å². The molecule has 0 aliphatic rings. The van der Waals surface area contributed by atoms with Crippen LogP contribution in [0.4, 0.5) is 13.2 Å². The van der Waals surface area contributed by atoms with Crippen LogP contribution in [0.1, 0.15) is 51.1 Å². The molecule has 0 aromatic heterocycles. The van der Waals surface area contributed by atoms with Crippen LogP contribution in [0.3, 0.4) is 0 Å². The lowest BCUT2D eigenvalue weighted by molar-refractivity contribution is -0.274. The molecule has 0 saturated heterocycles. The molecule has 0 saturated carbocycles. The van der Waals surface area contributed by atoms with Gasteiger partial charge in [0.2, 0.25) is 0 Å². The molecule has 0 fully saturated rings. The zero-order valence-electron chi connectivity index (χ0n) is 12.0. The van der Waals surface area contributed by atoms with Crippen molar-refractivity contribution in [2.45, 2.75) is 51.9 Å². The van der Waals surface area contributed by atoms with Gasteiger partial charge in [0, 0.05) is 6.04 Å². The third-order valence-corrected chi connectivity index (χ3v) is 3.09. The minimum Gasteiger partial charge on any atom is -0.406 e. The van der Waals surface area contributed by atoms with Crippen LogP contribution in [0.25, 0.3) is 0 Å². The molecule has 20 heavy (non-hydrogen) atoms. The second-order valence-corrected chi connectivity index (χ2v) is 4.85. The molecule has 1 rings (SSSR count). The molecule has 0 bridgehead atoms. The molecule has 0 aliphatic heterocycles. The molecule has 0 spiro atoms. The summed E-state index contributed by atoms with van der Waals surface area (Å²) >= 11 is 0. The third-order valence-electron chi connectivity index (χ3n) is 3.09. The Morgan fingerprint density at radius 3 is 2.30 bits per heavy atom. The van der Waals surface area contributed by atoms with E-state index in [1.807, 2.05) is 6.92 Å². The SMILES string of the molecule is CCCCCCNC(C)c1ccc(OC(F)(F)F)cc1. The first-order valence-corrected chi connectivity index (χ1v) is 7.01. The van der Waals surface area contributed by atoms with E-state index in [1.54, 1.807) is 12.1 Å². The number of benzene rings is 1. The van der Waals surface area contributed by atoms with Crippen molar-refractivity contribution in [1.82, 2.24) is 5.32 Å². The summed E-state index contributed by atoms with van der Waals surface area (Å²) in [6, 6.07) is 6.13. The summed E-state index contributed by atoms with van der Waals surface area (Å²) in [5.74, 6) is -0.184. The molecule has 2 nitrogen and oxygen atoms in total. The maximum Gasteiger partial charge on any atom is 0.573 e. The lowest BCUT2D eigenvalue weighted by atomic mass is 10.1. The highest BCUT2D eigenvalue weighted by Crippen LogP contribution is 2.24. The maximum atomic E-state index is 12.0. The largest absolute Gasteiger partial charge is 0.573 e. The number of hydrogen-bond donors (Lipinski definition) is 1. The van der Waals surface area contributed by atoms with E-state index in [-0.39, 0.29) is 11.8 Å². The first kappa shape index (κ1) is 16.8. The number of rotatable bonds is 8. The van der Waals surface area contributed by atoms with E-state index in [0.29, 0.717) is 0 Å². The van der Waals surface area contributed by atoms with Crippen molar-refractivity contribution in [1.29, 1.82) is 0 Å². The second kappa shape index (κ2) is 8.15. The van der Waals surface area contributed by atoms with Gasteiger partial charge < -0.3 is 10.1 Å². The second-order valence-electron chi connectivity index (χ2n) is 4.85. The number of halogens is 3. The van der Waals surface area contributed by atoms with Crippen LogP contribution >= 0.6 is 0 Å². The van der Waals surface area contributed by atoms with E-state index < -0.39 is 6.36 Å². The Morgan fingerprint density at radius 2 is 1.75 bits per heavy atom. The highest BCUT2D eigenvalue weighted by atomic mass is 19.4. The molecule has 0 amide bonds. The molecule has 1 aromatic rings. The van der Waals surface area contributed by atoms with Gasteiger partial charge in [0.25, 0.3) is 0 Å². The maximum absolute atomic E-state index is 12.0. The summed E-state index contributed by atoms with van der Waals surface area (Å²) < 4.78 is 39.9. The Balaban J connectivity index is 2.39. The van der Waals surface area contributed by atoms with E-state index >= 15 is 0 Å². The Morgan fingerprint density at radius 1 is 1.10 bits per heavy atom. The van der Waals surface area contributed by atoms with Gasteiger partial charge in [-0.25, -0.2) is 0 Å². The van der Waals surface area contributed by atoms with Gasteiger partial charge in [-0.1, -0.05) is 38.3 Å². The summed E-state index contributed by atoms with van der Waals surface area (Å²) in [5, 5.41) is 3.36. The van der Waals surface area contributed by atoms with Crippen LogP contribution in [-0.2, 0) is 0 Å². The molecule has 0 aliphatic carbocycles. The Labute approximate surface area is 118 Å². The van der Waals surface area contributed by atoms with Crippen molar-refractivity contribution in [3.63, 3.8) is 0 Å². The van der Waals surface area contributed by atoms with Gasteiger partial charge >= 0.3 is 6.36 Å². The summed E-state index contributed by atoms with van der Waals surface area (Å²) in [7, 11) is 0. The predicted octanol–water partition coefficient (Wildman–Crippen LogP) is 4.82. The van der Waals surface area contributed by atoms with Gasteiger partial charge in [-0.3, -0.25) is 0 Å². The highest BCUT2D eigenvalue weighted by Gasteiger charge is 2.30. The molecule has 0 heterocycles. The molecular formula is C15H22F3NO. The van der Waals surface area contributed by atoms with Gasteiger partial charge in [0.1, 0.15) is 5.75 Å². The Kier molecular flexibility index (Phi) is 6.85. The van der Waals surface area contributed by atoms with Crippen LogP contribution in [0.2, 0.25) is 0 Å². The number of unbranched alkanes of at least 4 members (excludes halogenated alkanes) is 3. The highest BCUT2D eigenvalue weighted by molar-refractivity contribution is 5.29. The quantitative estimate of drug-likeness (QED) is 0.693. The smallest absolute Gasteiger partial charge is 0.406 e. The fourth-order valence-electron chi connectivity index (χ4n) is 1.95. The van der Waals surface area contributed by atoms with Crippen molar-refractivity contribution >= 4 is 0 Å². The van der Waals surface area contributed by atoms with Crippen LogP contribution in [-0.4, -0.2) is 12.9 Å². The van der Waals surface area contributed by atoms with Crippen molar-refractivity contribution in [2.24, 2.45) is 0 Å². The van der Waals surface area contributed by atoms with Crippen molar-refractivity contribution in [3.8, 4) is 5.75 Å². The molecule has 1 unspecified atom stereocenters. The normalized spacial score (nSPS) is 13.2. The minimum absolute atomic E-state index is 0.122. The Hall–Kier alpha value is -1.23. The Bertz CT molecular complexity index is 376. The van der Waals surface area contributed by atoms with Crippen molar-refractivity contribution in [2.75, 3.05) is 6.54 Å². The average molecular weight is 289 g/mol. The number of alkyl halides is 3.